The van der Waals surface area contributed by atoms with Crippen LogP contribution in [0.1, 0.15) is 26.7 Å². The molecule has 1 aliphatic rings. The molecule has 0 saturated carbocycles. The van der Waals surface area contributed by atoms with Crippen molar-refractivity contribution in [2.24, 2.45) is 0 Å². The summed E-state index contributed by atoms with van der Waals surface area (Å²) in [5, 5.41) is 0. The first-order chi connectivity index (χ1) is 4.80. The van der Waals surface area contributed by atoms with Crippen LogP contribution in [0.2, 0.25) is 0 Å². The Hall–Kier alpha value is -0.300. The van der Waals surface area contributed by atoms with E-state index < -0.39 is 0 Å². The summed E-state index contributed by atoms with van der Waals surface area (Å²) >= 11 is 0. The molecular formula is C9H17N. The second-order valence-electron chi connectivity index (χ2n) is 3.18. The minimum Gasteiger partial charge on any atom is -0.300 e. The minimum absolute atomic E-state index is 0.722. The normalized spacial score (nSPS) is 21.5. The predicted molar refractivity (Wildman–Crippen MR) is 45.1 cm³/mol. The fourth-order valence-corrected chi connectivity index (χ4v) is 1.34. The fourth-order valence-electron chi connectivity index (χ4n) is 1.34. The third-order valence-electron chi connectivity index (χ3n) is 2.06. The van der Waals surface area contributed by atoms with Crippen LogP contribution in [0.5, 0.6) is 0 Å². The predicted octanol–water partition coefficient (Wildman–Crippen LogP) is 2.05. The third-order valence-corrected chi connectivity index (χ3v) is 2.06. The second kappa shape index (κ2) is 3.77. The molecule has 0 N–H and O–H groups in total. The van der Waals surface area contributed by atoms with E-state index in [-0.39, 0.29) is 0 Å². The van der Waals surface area contributed by atoms with Crippen molar-refractivity contribution in [2.45, 2.75) is 32.7 Å². The van der Waals surface area contributed by atoms with Gasteiger partial charge in [-0.25, -0.2) is 0 Å². The third kappa shape index (κ3) is 2.14. The molecule has 0 fully saturated rings. The number of hydrogen-bond acceptors (Lipinski definition) is 1. The Bertz CT molecular complexity index is 106. The average molecular weight is 139 g/mol. The van der Waals surface area contributed by atoms with Crippen molar-refractivity contribution in [2.75, 3.05) is 13.1 Å². The summed E-state index contributed by atoms with van der Waals surface area (Å²) in [6, 6.07) is 0.722. The van der Waals surface area contributed by atoms with E-state index in [1.165, 1.54) is 25.9 Å². The molecule has 0 radical (unpaired) electrons. The quantitative estimate of drug-likeness (QED) is 0.502. The second-order valence-corrected chi connectivity index (χ2v) is 3.18. The molecule has 10 heavy (non-hydrogen) atoms. The van der Waals surface area contributed by atoms with Crippen molar-refractivity contribution in [1.82, 2.24) is 4.90 Å². The molecule has 1 heterocycles. The highest BCUT2D eigenvalue weighted by Gasteiger charge is 2.07. The largest absolute Gasteiger partial charge is 0.300 e. The molecule has 0 aromatic heterocycles. The van der Waals surface area contributed by atoms with Gasteiger partial charge in [-0.3, -0.25) is 0 Å². The minimum atomic E-state index is 0.722. The number of hydrogen-bond donors (Lipinski definition) is 0. The fraction of sp³-hybridized carbons (Fsp3) is 0.778. The molecular weight excluding hydrogens is 122 g/mol. The van der Waals surface area contributed by atoms with E-state index in [4.69, 9.17) is 0 Å². The van der Waals surface area contributed by atoms with Gasteiger partial charge in [0.2, 0.25) is 0 Å². The lowest BCUT2D eigenvalue weighted by molar-refractivity contribution is 0.234. The number of nitrogens with zero attached hydrogens (tertiary/aromatic N) is 1. The molecule has 1 heteroatoms. The zero-order valence-corrected chi connectivity index (χ0v) is 7.01. The van der Waals surface area contributed by atoms with Gasteiger partial charge in [-0.05, 0) is 26.7 Å². The van der Waals surface area contributed by atoms with Gasteiger partial charge in [0.15, 0.2) is 0 Å². The Kier molecular flexibility index (Phi) is 2.94. The van der Waals surface area contributed by atoms with Gasteiger partial charge in [-0.2, -0.15) is 0 Å². The molecule has 0 amide bonds. The monoisotopic (exact) mass is 139 g/mol. The lowest BCUT2D eigenvalue weighted by atomic mass is 10.3. The molecule has 0 spiro atoms. The molecule has 0 unspecified atom stereocenters. The Balaban J connectivity index is 2.34. The van der Waals surface area contributed by atoms with Crippen molar-refractivity contribution in [1.29, 1.82) is 0 Å². The molecule has 1 rings (SSSR count). The molecule has 1 nitrogen and oxygen atoms in total. The molecule has 0 bridgehead atoms. The lowest BCUT2D eigenvalue weighted by Gasteiger charge is -2.23. The summed E-state index contributed by atoms with van der Waals surface area (Å²) in [5.41, 5.74) is 0. The van der Waals surface area contributed by atoms with Crippen LogP contribution in [-0.2, 0) is 0 Å². The summed E-state index contributed by atoms with van der Waals surface area (Å²) in [5.74, 6) is 0. The maximum Gasteiger partial charge on any atom is 0.00388 e. The van der Waals surface area contributed by atoms with E-state index in [2.05, 4.69) is 30.9 Å². The van der Waals surface area contributed by atoms with Crippen LogP contribution in [0.4, 0.5) is 0 Å². The molecule has 0 saturated heterocycles. The summed E-state index contributed by atoms with van der Waals surface area (Å²) in [7, 11) is 0. The standard InChI is InChI=1S/C9H17N/c1-9(2)10-7-5-3-4-6-8-10/h3-4,9H,5-8H2,1-2H3. The molecule has 58 valence electrons. The molecule has 0 atom stereocenters. The maximum absolute atomic E-state index is 2.53. The molecule has 1 aliphatic heterocycles. The number of rotatable bonds is 1. The summed E-state index contributed by atoms with van der Waals surface area (Å²) in [6.45, 7) is 7.03. The molecule has 0 aromatic carbocycles. The van der Waals surface area contributed by atoms with E-state index in [9.17, 15) is 0 Å². The van der Waals surface area contributed by atoms with Crippen molar-refractivity contribution >= 4 is 0 Å². The van der Waals surface area contributed by atoms with Crippen molar-refractivity contribution in [3.63, 3.8) is 0 Å². The van der Waals surface area contributed by atoms with Crippen molar-refractivity contribution in [3.8, 4) is 0 Å². The van der Waals surface area contributed by atoms with Gasteiger partial charge in [0.25, 0.3) is 0 Å². The van der Waals surface area contributed by atoms with Crippen LogP contribution in [0.3, 0.4) is 0 Å². The van der Waals surface area contributed by atoms with E-state index in [1.54, 1.807) is 0 Å². The Labute approximate surface area is 63.7 Å². The maximum atomic E-state index is 2.53. The highest BCUT2D eigenvalue weighted by Crippen LogP contribution is 2.05. The highest BCUT2D eigenvalue weighted by molar-refractivity contribution is 4.87. The van der Waals surface area contributed by atoms with Crippen LogP contribution in [0.15, 0.2) is 12.2 Å². The zero-order valence-electron chi connectivity index (χ0n) is 7.01. The van der Waals surface area contributed by atoms with E-state index in [0.29, 0.717) is 0 Å². The Morgan fingerprint density at radius 2 is 1.60 bits per heavy atom. The van der Waals surface area contributed by atoms with E-state index in [1.807, 2.05) is 0 Å². The summed E-state index contributed by atoms with van der Waals surface area (Å²) in [4.78, 5) is 2.53. The van der Waals surface area contributed by atoms with E-state index >= 15 is 0 Å². The van der Waals surface area contributed by atoms with E-state index in [0.717, 1.165) is 6.04 Å². The van der Waals surface area contributed by atoms with Gasteiger partial charge in [0, 0.05) is 19.1 Å². The van der Waals surface area contributed by atoms with Crippen molar-refractivity contribution < 1.29 is 0 Å². The topological polar surface area (TPSA) is 3.24 Å². The lowest BCUT2D eigenvalue weighted by Crippen LogP contribution is -2.31. The van der Waals surface area contributed by atoms with Gasteiger partial charge in [-0.1, -0.05) is 12.2 Å². The molecule has 0 aromatic rings. The average Bonchev–Trinajstić information content (AvgIpc) is 2.12. The summed E-state index contributed by atoms with van der Waals surface area (Å²) in [6.07, 6.45) is 7.06. The van der Waals surface area contributed by atoms with Crippen LogP contribution >= 0.6 is 0 Å². The zero-order chi connectivity index (χ0) is 7.40. The smallest absolute Gasteiger partial charge is 0.00388 e. The Morgan fingerprint density at radius 3 is 2.00 bits per heavy atom. The first-order valence-corrected chi connectivity index (χ1v) is 4.20. The van der Waals surface area contributed by atoms with Gasteiger partial charge in [0.1, 0.15) is 0 Å². The Morgan fingerprint density at radius 1 is 1.10 bits per heavy atom. The van der Waals surface area contributed by atoms with Gasteiger partial charge in [0.05, 0.1) is 0 Å². The first kappa shape index (κ1) is 7.80. The van der Waals surface area contributed by atoms with Crippen LogP contribution < -0.4 is 0 Å². The van der Waals surface area contributed by atoms with Crippen LogP contribution in [0.25, 0.3) is 0 Å². The van der Waals surface area contributed by atoms with Crippen LogP contribution in [0, 0.1) is 0 Å². The SMILES string of the molecule is CC(C)N1CCC=CCC1. The van der Waals surface area contributed by atoms with Gasteiger partial charge < -0.3 is 4.90 Å². The van der Waals surface area contributed by atoms with Gasteiger partial charge >= 0.3 is 0 Å². The van der Waals surface area contributed by atoms with Crippen molar-refractivity contribution in [3.05, 3.63) is 12.2 Å². The summed E-state index contributed by atoms with van der Waals surface area (Å²) < 4.78 is 0. The highest BCUT2D eigenvalue weighted by atomic mass is 15.1. The first-order valence-electron chi connectivity index (χ1n) is 4.20. The van der Waals surface area contributed by atoms with Crippen LogP contribution in [-0.4, -0.2) is 24.0 Å². The van der Waals surface area contributed by atoms with Gasteiger partial charge in [-0.15, -0.1) is 0 Å². The molecule has 0 aliphatic carbocycles.